The maximum Gasteiger partial charge on any atom is 0.229 e. The van der Waals surface area contributed by atoms with Gasteiger partial charge in [0.15, 0.2) is 6.54 Å². The van der Waals surface area contributed by atoms with Crippen molar-refractivity contribution < 1.29 is 4.84 Å². The first kappa shape index (κ1) is 5.06. The average Bonchev–Trinajstić information content (AvgIpc) is 2.14. The smallest absolute Gasteiger partial charge is 0.152 e. The van der Waals surface area contributed by atoms with Gasteiger partial charge in [-0.15, -0.1) is 0 Å². The second-order valence-electron chi connectivity index (χ2n) is 1.65. The van der Waals surface area contributed by atoms with Crippen LogP contribution in [0.2, 0.25) is 0 Å². The van der Waals surface area contributed by atoms with Gasteiger partial charge in [0.25, 0.3) is 0 Å². The fraction of sp³-hybridized carbons (Fsp3) is 0.800. The molecule has 1 saturated heterocycles. The Morgan fingerprint density at radius 1 is 1.71 bits per heavy atom. The van der Waals surface area contributed by atoms with Crippen molar-refractivity contribution in [2.24, 2.45) is 0 Å². The molecule has 0 atom stereocenters. The fourth-order valence-electron chi connectivity index (χ4n) is 0.740. The average molecular weight is 100 g/mol. The minimum atomic E-state index is 1.07. The fourth-order valence-corrected chi connectivity index (χ4v) is 0.740. The minimum Gasteiger partial charge on any atom is -0.152 e. The van der Waals surface area contributed by atoms with E-state index in [-0.39, 0.29) is 0 Å². The molecule has 2 heteroatoms. The summed E-state index contributed by atoms with van der Waals surface area (Å²) in [5.41, 5.74) is 0. The molecule has 0 bridgehead atoms. The number of hydrogen-bond donors (Lipinski definition) is 0. The van der Waals surface area contributed by atoms with Crippen molar-refractivity contribution in [2.45, 2.75) is 12.8 Å². The Hall–Kier alpha value is -0.0800. The van der Waals surface area contributed by atoms with Crippen molar-refractivity contribution in [2.75, 3.05) is 13.7 Å². The van der Waals surface area contributed by atoms with Crippen LogP contribution in [0, 0.1) is 6.54 Å². The Morgan fingerprint density at radius 2 is 2.57 bits per heavy atom. The van der Waals surface area contributed by atoms with Crippen LogP contribution in [0.25, 0.3) is 0 Å². The van der Waals surface area contributed by atoms with Crippen LogP contribution in [0.3, 0.4) is 0 Å². The molecule has 0 N–H and O–H groups in total. The van der Waals surface area contributed by atoms with Crippen molar-refractivity contribution in [3.63, 3.8) is 0 Å². The quantitative estimate of drug-likeness (QED) is 0.441. The Bertz CT molecular complexity index is 50.0. The van der Waals surface area contributed by atoms with Crippen LogP contribution >= 0.6 is 0 Å². The maximum absolute atomic E-state index is 4.89. The Kier molecular flexibility index (Phi) is 1.65. The van der Waals surface area contributed by atoms with Crippen molar-refractivity contribution in [3.8, 4) is 0 Å². The molecule has 0 aromatic rings. The molecule has 0 unspecified atom stereocenters. The molecule has 0 aliphatic carbocycles. The molecule has 0 amide bonds. The molecule has 0 spiro atoms. The van der Waals surface area contributed by atoms with Crippen molar-refractivity contribution in [1.82, 2.24) is 5.06 Å². The Labute approximate surface area is 44.0 Å². The van der Waals surface area contributed by atoms with Gasteiger partial charge in [-0.1, -0.05) is 0 Å². The lowest BCUT2D eigenvalue weighted by molar-refractivity contribution is 0.00190. The molecule has 40 valence electrons. The number of nitrogens with zero attached hydrogens (tertiary/aromatic N) is 1. The van der Waals surface area contributed by atoms with Gasteiger partial charge >= 0.3 is 0 Å². The van der Waals surface area contributed by atoms with Gasteiger partial charge < -0.3 is 0 Å². The summed E-state index contributed by atoms with van der Waals surface area (Å²) in [5.74, 6) is 0. The van der Waals surface area contributed by atoms with E-state index in [1.54, 1.807) is 7.11 Å². The van der Waals surface area contributed by atoms with Gasteiger partial charge in [0.2, 0.25) is 6.54 Å². The van der Waals surface area contributed by atoms with E-state index in [4.69, 9.17) is 4.84 Å². The highest BCUT2D eigenvalue weighted by Gasteiger charge is 2.22. The van der Waals surface area contributed by atoms with Crippen LogP contribution in [0.4, 0.5) is 0 Å². The van der Waals surface area contributed by atoms with E-state index in [2.05, 4.69) is 6.54 Å². The summed E-state index contributed by atoms with van der Waals surface area (Å²) >= 11 is 0. The molecule has 1 aliphatic heterocycles. The summed E-state index contributed by atoms with van der Waals surface area (Å²) in [6.45, 7) is 3.14. The molecule has 1 fully saturated rings. The summed E-state index contributed by atoms with van der Waals surface area (Å²) in [6, 6.07) is 0. The summed E-state index contributed by atoms with van der Waals surface area (Å²) in [7, 11) is 1.70. The molecule has 0 aromatic heterocycles. The van der Waals surface area contributed by atoms with E-state index >= 15 is 0 Å². The third-order valence-corrected chi connectivity index (χ3v) is 1.15. The molecule has 7 heavy (non-hydrogen) atoms. The molecule has 2 nitrogen and oxygen atoms in total. The molecule has 1 aliphatic rings. The zero-order valence-electron chi connectivity index (χ0n) is 4.55. The van der Waals surface area contributed by atoms with Crippen LogP contribution in [0.15, 0.2) is 0 Å². The summed E-state index contributed by atoms with van der Waals surface area (Å²) < 4.78 is 0. The number of hydroxylamine groups is 2. The monoisotopic (exact) mass is 100 g/mol. The van der Waals surface area contributed by atoms with Crippen LogP contribution in [-0.4, -0.2) is 13.7 Å². The van der Waals surface area contributed by atoms with Crippen LogP contribution in [0.1, 0.15) is 12.8 Å². The largest absolute Gasteiger partial charge is 0.229 e. The molecular formula is C5H10NO+. The standard InChI is InChI=1S/C5H10NO/c1-7-6-4-2-3-5-6/h4H,2-3,5H2,1H3/q+1. The molecular weight excluding hydrogens is 90.1 g/mol. The van der Waals surface area contributed by atoms with E-state index in [1.165, 1.54) is 12.8 Å². The molecule has 0 saturated carbocycles. The minimum absolute atomic E-state index is 1.07. The molecule has 0 aromatic carbocycles. The molecule has 1 rings (SSSR count). The second kappa shape index (κ2) is 2.28. The normalized spacial score (nSPS) is 23.6. The van der Waals surface area contributed by atoms with Crippen molar-refractivity contribution >= 4 is 0 Å². The highest BCUT2D eigenvalue weighted by Crippen LogP contribution is 2.07. The lowest BCUT2D eigenvalue weighted by Gasteiger charge is -1.92. The van der Waals surface area contributed by atoms with Crippen molar-refractivity contribution in [3.05, 3.63) is 6.54 Å². The van der Waals surface area contributed by atoms with E-state index in [9.17, 15) is 0 Å². The third-order valence-electron chi connectivity index (χ3n) is 1.15. The van der Waals surface area contributed by atoms with Gasteiger partial charge in [0.05, 0.1) is 0 Å². The first-order valence-electron chi connectivity index (χ1n) is 2.57. The zero-order chi connectivity index (χ0) is 5.11. The predicted molar refractivity (Wildman–Crippen MR) is 27.5 cm³/mol. The number of rotatable bonds is 1. The summed E-state index contributed by atoms with van der Waals surface area (Å²) in [6.07, 6.45) is 2.42. The maximum atomic E-state index is 4.89. The van der Waals surface area contributed by atoms with E-state index in [0.717, 1.165) is 6.54 Å². The van der Waals surface area contributed by atoms with Gasteiger partial charge in [-0.2, -0.15) is 4.84 Å². The summed E-state index contributed by atoms with van der Waals surface area (Å²) in [5, 5.41) is 1.86. The topological polar surface area (TPSA) is 15.1 Å². The second-order valence-corrected chi connectivity index (χ2v) is 1.65. The Balaban J connectivity index is 2.14. The highest BCUT2D eigenvalue weighted by molar-refractivity contribution is 4.73. The van der Waals surface area contributed by atoms with Crippen molar-refractivity contribution in [1.29, 1.82) is 0 Å². The molecule has 1 heterocycles. The van der Waals surface area contributed by atoms with Gasteiger partial charge in [-0.05, 0) is 0 Å². The summed E-state index contributed by atoms with van der Waals surface area (Å²) in [4.78, 5) is 4.89. The first-order chi connectivity index (χ1) is 3.43. The van der Waals surface area contributed by atoms with E-state index < -0.39 is 0 Å². The van der Waals surface area contributed by atoms with Gasteiger partial charge in [0, 0.05) is 17.9 Å². The predicted octanol–water partition coefficient (Wildman–Crippen LogP) is 0.643. The lowest BCUT2D eigenvalue weighted by atomic mass is 10.4. The highest BCUT2D eigenvalue weighted by atomic mass is 16.7. The van der Waals surface area contributed by atoms with Crippen LogP contribution < -0.4 is 5.06 Å². The Morgan fingerprint density at radius 3 is 2.86 bits per heavy atom. The first-order valence-corrected chi connectivity index (χ1v) is 2.57. The van der Waals surface area contributed by atoms with Gasteiger partial charge in [-0.3, -0.25) is 0 Å². The zero-order valence-corrected chi connectivity index (χ0v) is 4.55. The van der Waals surface area contributed by atoms with Crippen LogP contribution in [-0.2, 0) is 4.84 Å². The van der Waals surface area contributed by atoms with E-state index in [1.807, 2.05) is 5.06 Å². The number of hydrogen-bond acceptors (Lipinski definition) is 2. The third kappa shape index (κ3) is 1.14. The van der Waals surface area contributed by atoms with Crippen LogP contribution in [0.5, 0.6) is 0 Å². The SMILES string of the molecule is CO[N+]1[CH]CCC1. The lowest BCUT2D eigenvalue weighted by Crippen LogP contribution is -2.19. The van der Waals surface area contributed by atoms with Gasteiger partial charge in [-0.25, -0.2) is 0 Å². The molecule has 2 radical (unpaired) electrons. The van der Waals surface area contributed by atoms with Gasteiger partial charge in [0.1, 0.15) is 7.11 Å². The van der Waals surface area contributed by atoms with E-state index in [0.29, 0.717) is 0 Å².